The van der Waals surface area contributed by atoms with Crippen LogP contribution in [0.3, 0.4) is 0 Å². The lowest BCUT2D eigenvalue weighted by Crippen LogP contribution is -1.99. The molecule has 0 amide bonds. The van der Waals surface area contributed by atoms with Gasteiger partial charge in [-0.25, -0.2) is 4.79 Å². The summed E-state index contributed by atoms with van der Waals surface area (Å²) in [4.78, 5) is 11.2. The summed E-state index contributed by atoms with van der Waals surface area (Å²) in [5, 5.41) is 9.04. The van der Waals surface area contributed by atoms with Crippen molar-refractivity contribution in [3.05, 3.63) is 52.4 Å². The lowest BCUT2D eigenvalue weighted by atomic mass is 10.1. The van der Waals surface area contributed by atoms with E-state index in [0.717, 1.165) is 5.56 Å². The molecular weight excluding hydrogens is 294 g/mol. The number of hydrogen-bond donors (Lipinski definition) is 0. The maximum Gasteiger partial charge on any atom is 0.373 e. The second-order valence-electron chi connectivity index (χ2n) is 4.15. The Morgan fingerprint density at radius 3 is 2.86 bits per heavy atom. The maximum absolute atomic E-state index is 11.2. The van der Waals surface area contributed by atoms with Gasteiger partial charge >= 0.3 is 5.97 Å². The van der Waals surface area contributed by atoms with E-state index in [0.29, 0.717) is 23.0 Å². The van der Waals surface area contributed by atoms with E-state index in [1.165, 1.54) is 13.2 Å². The summed E-state index contributed by atoms with van der Waals surface area (Å²) in [6.45, 7) is 0.133. The van der Waals surface area contributed by atoms with Crippen LogP contribution >= 0.6 is 11.6 Å². The zero-order valence-electron chi connectivity index (χ0n) is 11.3. The molecule has 0 fully saturated rings. The number of nitrogens with zero attached hydrogens (tertiary/aromatic N) is 1. The predicted octanol–water partition coefficient (Wildman–Crippen LogP) is 3.36. The van der Waals surface area contributed by atoms with Crippen LogP contribution in [0.4, 0.5) is 0 Å². The van der Waals surface area contributed by atoms with E-state index in [1.54, 1.807) is 24.3 Å². The third-order valence-electron chi connectivity index (χ3n) is 2.70. The number of nitriles is 1. The quantitative estimate of drug-likeness (QED) is 0.792. The second-order valence-corrected chi connectivity index (χ2v) is 4.55. The minimum atomic E-state index is -0.542. The van der Waals surface area contributed by atoms with Crippen LogP contribution in [0.25, 0.3) is 0 Å². The van der Waals surface area contributed by atoms with E-state index in [1.807, 2.05) is 6.07 Å². The third-order valence-corrected chi connectivity index (χ3v) is 2.99. The number of benzene rings is 1. The normalized spacial score (nSPS) is 9.95. The number of rotatable bonds is 5. The summed E-state index contributed by atoms with van der Waals surface area (Å²) in [6.07, 6.45) is 0.292. The van der Waals surface area contributed by atoms with Crippen molar-refractivity contribution >= 4 is 17.6 Å². The second kappa shape index (κ2) is 6.82. The topological polar surface area (TPSA) is 72.5 Å². The van der Waals surface area contributed by atoms with E-state index >= 15 is 0 Å². The molecule has 2 aromatic rings. The van der Waals surface area contributed by atoms with Gasteiger partial charge in [-0.15, -0.1) is 0 Å². The molecule has 1 aromatic heterocycles. The Hall–Kier alpha value is -2.45. The zero-order chi connectivity index (χ0) is 15.2. The standard InChI is InChI=1S/C15H12ClNO4/c1-19-15(18)14-5-3-11(21-14)9-20-13-4-2-10(6-7-17)8-12(13)16/h2-5,8H,6,9H2,1H3. The van der Waals surface area contributed by atoms with Crippen LogP contribution in [0.5, 0.6) is 5.75 Å². The highest BCUT2D eigenvalue weighted by molar-refractivity contribution is 6.32. The highest BCUT2D eigenvalue weighted by atomic mass is 35.5. The van der Waals surface area contributed by atoms with Crippen LogP contribution in [0.15, 0.2) is 34.7 Å². The Bertz CT molecular complexity index is 687. The number of ether oxygens (including phenoxy) is 2. The largest absolute Gasteiger partial charge is 0.484 e. The summed E-state index contributed by atoms with van der Waals surface area (Å²) >= 11 is 6.07. The lowest BCUT2D eigenvalue weighted by molar-refractivity contribution is 0.0561. The predicted molar refractivity (Wildman–Crippen MR) is 75.1 cm³/mol. The van der Waals surface area contributed by atoms with Crippen LogP contribution < -0.4 is 4.74 Å². The van der Waals surface area contributed by atoms with Crippen LogP contribution in [0.2, 0.25) is 5.02 Å². The highest BCUT2D eigenvalue weighted by Gasteiger charge is 2.12. The van der Waals surface area contributed by atoms with Crippen molar-refractivity contribution in [1.82, 2.24) is 0 Å². The van der Waals surface area contributed by atoms with Crippen LogP contribution in [0, 0.1) is 11.3 Å². The van der Waals surface area contributed by atoms with Gasteiger partial charge in [-0.1, -0.05) is 17.7 Å². The Kier molecular flexibility index (Phi) is 4.85. The molecule has 0 saturated carbocycles. The molecule has 0 N–H and O–H groups in total. The summed E-state index contributed by atoms with van der Waals surface area (Å²) < 4.78 is 15.3. The summed E-state index contributed by atoms with van der Waals surface area (Å²) in [5.41, 5.74) is 0.820. The van der Waals surface area contributed by atoms with Crippen molar-refractivity contribution in [2.45, 2.75) is 13.0 Å². The molecule has 0 spiro atoms. The number of hydrogen-bond acceptors (Lipinski definition) is 5. The molecule has 0 aliphatic carbocycles. The average molecular weight is 306 g/mol. The Morgan fingerprint density at radius 1 is 1.38 bits per heavy atom. The van der Waals surface area contributed by atoms with Crippen molar-refractivity contribution in [2.75, 3.05) is 7.11 Å². The molecule has 5 nitrogen and oxygen atoms in total. The molecule has 1 aromatic carbocycles. The van der Waals surface area contributed by atoms with Gasteiger partial charge in [-0.2, -0.15) is 5.26 Å². The van der Waals surface area contributed by atoms with Crippen LogP contribution in [0.1, 0.15) is 21.9 Å². The van der Waals surface area contributed by atoms with E-state index < -0.39 is 5.97 Å². The van der Waals surface area contributed by atoms with E-state index in [9.17, 15) is 4.79 Å². The molecule has 1 heterocycles. The molecule has 0 unspecified atom stereocenters. The molecule has 0 saturated heterocycles. The average Bonchev–Trinajstić information content (AvgIpc) is 2.95. The molecule has 0 radical (unpaired) electrons. The molecule has 6 heteroatoms. The van der Waals surface area contributed by atoms with Gasteiger partial charge in [-0.05, 0) is 29.8 Å². The van der Waals surface area contributed by atoms with E-state index in [-0.39, 0.29) is 12.4 Å². The summed E-state index contributed by atoms with van der Waals surface area (Å²) in [5.74, 6) is 0.536. The third kappa shape index (κ3) is 3.77. The molecule has 0 aliphatic heterocycles. The molecule has 2 rings (SSSR count). The van der Waals surface area contributed by atoms with Gasteiger partial charge in [0.15, 0.2) is 0 Å². The number of esters is 1. The van der Waals surface area contributed by atoms with Gasteiger partial charge in [0.05, 0.1) is 24.6 Å². The number of carbonyl (C=O) groups is 1. The first kappa shape index (κ1) is 14.9. The molecule has 0 aliphatic rings. The lowest BCUT2D eigenvalue weighted by Gasteiger charge is -2.07. The molecular formula is C15H12ClNO4. The smallest absolute Gasteiger partial charge is 0.373 e. The fourth-order valence-corrected chi connectivity index (χ4v) is 1.94. The Morgan fingerprint density at radius 2 is 2.19 bits per heavy atom. The van der Waals surface area contributed by atoms with Gasteiger partial charge in [0.2, 0.25) is 5.76 Å². The van der Waals surface area contributed by atoms with Gasteiger partial charge in [0, 0.05) is 0 Å². The number of methoxy groups -OCH3 is 1. The van der Waals surface area contributed by atoms with Crippen LogP contribution in [-0.2, 0) is 17.8 Å². The van der Waals surface area contributed by atoms with Crippen molar-refractivity contribution in [2.24, 2.45) is 0 Å². The van der Waals surface area contributed by atoms with Crippen molar-refractivity contribution in [3.63, 3.8) is 0 Å². The molecule has 0 atom stereocenters. The van der Waals surface area contributed by atoms with Gasteiger partial charge < -0.3 is 13.9 Å². The summed E-state index contributed by atoms with van der Waals surface area (Å²) in [7, 11) is 1.28. The molecule has 108 valence electrons. The zero-order valence-corrected chi connectivity index (χ0v) is 12.0. The summed E-state index contributed by atoms with van der Waals surface area (Å²) in [6, 6.07) is 10.3. The minimum Gasteiger partial charge on any atom is -0.484 e. The first-order chi connectivity index (χ1) is 10.1. The van der Waals surface area contributed by atoms with Crippen LogP contribution in [-0.4, -0.2) is 13.1 Å². The van der Waals surface area contributed by atoms with Crippen molar-refractivity contribution in [3.8, 4) is 11.8 Å². The molecule has 0 bridgehead atoms. The van der Waals surface area contributed by atoms with Crippen molar-refractivity contribution in [1.29, 1.82) is 5.26 Å². The number of furan rings is 1. The van der Waals surface area contributed by atoms with Gasteiger partial charge in [-0.3, -0.25) is 0 Å². The SMILES string of the molecule is COC(=O)c1ccc(COc2ccc(CC#N)cc2Cl)o1. The number of halogens is 1. The van der Waals surface area contributed by atoms with Crippen molar-refractivity contribution < 1.29 is 18.7 Å². The van der Waals surface area contributed by atoms with Gasteiger partial charge in [0.25, 0.3) is 0 Å². The first-order valence-corrected chi connectivity index (χ1v) is 6.47. The van der Waals surface area contributed by atoms with Gasteiger partial charge in [0.1, 0.15) is 18.1 Å². The van der Waals surface area contributed by atoms with E-state index in [4.69, 9.17) is 26.0 Å². The minimum absolute atomic E-state index is 0.117. The highest BCUT2D eigenvalue weighted by Crippen LogP contribution is 2.26. The fraction of sp³-hybridized carbons (Fsp3) is 0.200. The fourth-order valence-electron chi connectivity index (χ4n) is 1.68. The Balaban J connectivity index is 2.01. The van der Waals surface area contributed by atoms with E-state index in [2.05, 4.69) is 4.74 Å². The monoisotopic (exact) mass is 305 g/mol. The first-order valence-electron chi connectivity index (χ1n) is 6.09. The molecule has 21 heavy (non-hydrogen) atoms. The number of carbonyl (C=O) groups excluding carboxylic acids is 1. The Labute approximate surface area is 126 Å². The maximum atomic E-state index is 11.2.